The summed E-state index contributed by atoms with van der Waals surface area (Å²) in [5.41, 5.74) is 2.41. The molecule has 0 saturated heterocycles. The van der Waals surface area contributed by atoms with E-state index >= 15 is 0 Å². The second-order valence-electron chi connectivity index (χ2n) is 4.98. The first kappa shape index (κ1) is 12.0. The predicted octanol–water partition coefficient (Wildman–Crippen LogP) is 3.44. The Morgan fingerprint density at radius 1 is 1.35 bits per heavy atom. The van der Waals surface area contributed by atoms with Gasteiger partial charge in [-0.15, -0.1) is 0 Å². The number of rotatable bonds is 5. The molecule has 1 N–H and O–H groups in total. The van der Waals surface area contributed by atoms with Crippen molar-refractivity contribution in [2.24, 2.45) is 5.92 Å². The zero-order valence-corrected chi connectivity index (χ0v) is 10.9. The molecule has 2 rings (SSSR count). The number of hydrogen-bond donors (Lipinski definition) is 1. The molecule has 0 amide bonds. The van der Waals surface area contributed by atoms with Crippen molar-refractivity contribution in [2.45, 2.75) is 27.2 Å². The van der Waals surface area contributed by atoms with Crippen molar-refractivity contribution in [1.82, 2.24) is 10.2 Å². The van der Waals surface area contributed by atoms with E-state index in [1.54, 1.807) is 0 Å². The largest absolute Gasteiger partial charge is 0.371 e. The molecule has 0 aliphatic heterocycles. The van der Waals surface area contributed by atoms with Gasteiger partial charge in [0.15, 0.2) is 0 Å². The van der Waals surface area contributed by atoms with Gasteiger partial charge in [-0.2, -0.15) is 5.10 Å². The molecule has 1 aromatic carbocycles. The minimum atomic E-state index is 0.682. The molecule has 1 aromatic heterocycles. The maximum atomic E-state index is 4.07. The quantitative estimate of drug-likeness (QED) is 0.855. The summed E-state index contributed by atoms with van der Waals surface area (Å²) in [6, 6.07) is 6.51. The van der Waals surface area contributed by atoms with Crippen LogP contribution in [0.25, 0.3) is 10.9 Å². The third-order valence-corrected chi connectivity index (χ3v) is 2.87. The van der Waals surface area contributed by atoms with Gasteiger partial charge < -0.3 is 4.90 Å². The Bertz CT molecular complexity index is 473. The summed E-state index contributed by atoms with van der Waals surface area (Å²) < 4.78 is 0. The van der Waals surface area contributed by atoms with E-state index in [9.17, 15) is 0 Å². The lowest BCUT2D eigenvalue weighted by molar-refractivity contribution is 0.606. The standard InChI is InChI=1S/C14H21N3/c1-4-7-17(10-11(2)3)13-5-6-14-12(8-13)9-15-16-14/h5-6,8-9,11H,4,7,10H2,1-3H3,(H,15,16). The maximum absolute atomic E-state index is 4.07. The lowest BCUT2D eigenvalue weighted by atomic mass is 10.1. The Morgan fingerprint density at radius 2 is 2.18 bits per heavy atom. The lowest BCUT2D eigenvalue weighted by Gasteiger charge is -2.26. The molecule has 0 fully saturated rings. The number of aromatic amines is 1. The molecule has 0 unspecified atom stereocenters. The van der Waals surface area contributed by atoms with Crippen LogP contribution in [0.2, 0.25) is 0 Å². The molecule has 3 heteroatoms. The summed E-state index contributed by atoms with van der Waals surface area (Å²) in [6.45, 7) is 8.97. The molecule has 1 heterocycles. The fourth-order valence-electron chi connectivity index (χ4n) is 2.16. The fourth-order valence-corrected chi connectivity index (χ4v) is 2.16. The summed E-state index contributed by atoms with van der Waals surface area (Å²) in [5.74, 6) is 0.682. The van der Waals surface area contributed by atoms with Crippen LogP contribution < -0.4 is 4.90 Å². The Labute approximate surface area is 103 Å². The van der Waals surface area contributed by atoms with Crippen LogP contribution in [-0.4, -0.2) is 23.3 Å². The van der Waals surface area contributed by atoms with Crippen LogP contribution in [-0.2, 0) is 0 Å². The van der Waals surface area contributed by atoms with E-state index < -0.39 is 0 Å². The number of nitrogens with zero attached hydrogens (tertiary/aromatic N) is 2. The van der Waals surface area contributed by atoms with E-state index in [0.29, 0.717) is 5.92 Å². The number of H-pyrrole nitrogens is 1. The predicted molar refractivity (Wildman–Crippen MR) is 73.4 cm³/mol. The van der Waals surface area contributed by atoms with E-state index in [1.807, 2.05) is 6.20 Å². The molecule has 0 radical (unpaired) electrons. The van der Waals surface area contributed by atoms with Gasteiger partial charge in [-0.1, -0.05) is 20.8 Å². The van der Waals surface area contributed by atoms with Crippen molar-refractivity contribution >= 4 is 16.6 Å². The molecular formula is C14H21N3. The van der Waals surface area contributed by atoms with Crippen LogP contribution in [0.4, 0.5) is 5.69 Å². The summed E-state index contributed by atoms with van der Waals surface area (Å²) in [5, 5.41) is 8.24. The highest BCUT2D eigenvalue weighted by Gasteiger charge is 2.08. The zero-order valence-electron chi connectivity index (χ0n) is 10.9. The number of anilines is 1. The molecule has 3 nitrogen and oxygen atoms in total. The van der Waals surface area contributed by atoms with Crippen molar-refractivity contribution in [3.63, 3.8) is 0 Å². The summed E-state index contributed by atoms with van der Waals surface area (Å²) in [6.07, 6.45) is 3.06. The van der Waals surface area contributed by atoms with Gasteiger partial charge in [0.25, 0.3) is 0 Å². The molecule has 0 aliphatic rings. The summed E-state index contributed by atoms with van der Waals surface area (Å²) >= 11 is 0. The van der Waals surface area contributed by atoms with Crippen molar-refractivity contribution < 1.29 is 0 Å². The highest BCUT2D eigenvalue weighted by molar-refractivity contribution is 5.82. The fraction of sp³-hybridized carbons (Fsp3) is 0.500. The van der Waals surface area contributed by atoms with Crippen LogP contribution in [0.1, 0.15) is 27.2 Å². The van der Waals surface area contributed by atoms with Crippen molar-refractivity contribution in [1.29, 1.82) is 0 Å². The molecule has 2 aromatic rings. The van der Waals surface area contributed by atoms with E-state index in [0.717, 1.165) is 18.6 Å². The van der Waals surface area contributed by atoms with Gasteiger partial charge in [-0.05, 0) is 30.5 Å². The molecule has 0 aliphatic carbocycles. The van der Waals surface area contributed by atoms with Crippen molar-refractivity contribution in [3.8, 4) is 0 Å². The molecule has 92 valence electrons. The van der Waals surface area contributed by atoms with Crippen LogP contribution in [0.3, 0.4) is 0 Å². The molecule has 0 bridgehead atoms. The van der Waals surface area contributed by atoms with Gasteiger partial charge in [0.05, 0.1) is 11.7 Å². The van der Waals surface area contributed by atoms with Crippen molar-refractivity contribution in [2.75, 3.05) is 18.0 Å². The molecule has 0 saturated carbocycles. The van der Waals surface area contributed by atoms with Gasteiger partial charge in [-0.3, -0.25) is 5.10 Å². The second-order valence-corrected chi connectivity index (χ2v) is 4.98. The van der Waals surface area contributed by atoms with Gasteiger partial charge in [-0.25, -0.2) is 0 Å². The number of hydrogen-bond acceptors (Lipinski definition) is 2. The van der Waals surface area contributed by atoms with Gasteiger partial charge in [0.2, 0.25) is 0 Å². The third-order valence-electron chi connectivity index (χ3n) is 2.87. The van der Waals surface area contributed by atoms with Gasteiger partial charge in [0, 0.05) is 24.2 Å². The Balaban J connectivity index is 2.26. The summed E-state index contributed by atoms with van der Waals surface area (Å²) in [7, 11) is 0. The average Bonchev–Trinajstić information content (AvgIpc) is 2.74. The number of fused-ring (bicyclic) bond motifs is 1. The zero-order chi connectivity index (χ0) is 12.3. The highest BCUT2D eigenvalue weighted by Crippen LogP contribution is 2.21. The van der Waals surface area contributed by atoms with Crippen molar-refractivity contribution in [3.05, 3.63) is 24.4 Å². The first-order chi connectivity index (χ1) is 8.20. The monoisotopic (exact) mass is 231 g/mol. The summed E-state index contributed by atoms with van der Waals surface area (Å²) in [4.78, 5) is 2.46. The van der Waals surface area contributed by atoms with Crippen LogP contribution >= 0.6 is 0 Å². The SMILES string of the molecule is CCCN(CC(C)C)c1ccc2[nH]ncc2c1. The Morgan fingerprint density at radius 3 is 2.88 bits per heavy atom. The average molecular weight is 231 g/mol. The number of benzene rings is 1. The molecule has 0 spiro atoms. The van der Waals surface area contributed by atoms with Crippen LogP contribution in [0, 0.1) is 5.92 Å². The minimum absolute atomic E-state index is 0.682. The van der Waals surface area contributed by atoms with E-state index in [-0.39, 0.29) is 0 Å². The third kappa shape index (κ3) is 2.78. The first-order valence-electron chi connectivity index (χ1n) is 6.38. The Hall–Kier alpha value is -1.51. The maximum Gasteiger partial charge on any atom is 0.0651 e. The number of aromatic nitrogens is 2. The van der Waals surface area contributed by atoms with Gasteiger partial charge >= 0.3 is 0 Å². The van der Waals surface area contributed by atoms with E-state index in [4.69, 9.17) is 0 Å². The second kappa shape index (κ2) is 5.21. The van der Waals surface area contributed by atoms with Gasteiger partial charge in [0.1, 0.15) is 0 Å². The van der Waals surface area contributed by atoms with E-state index in [1.165, 1.54) is 17.5 Å². The molecule has 0 atom stereocenters. The first-order valence-corrected chi connectivity index (χ1v) is 6.38. The highest BCUT2D eigenvalue weighted by atomic mass is 15.1. The smallest absolute Gasteiger partial charge is 0.0651 e. The van der Waals surface area contributed by atoms with Crippen LogP contribution in [0.5, 0.6) is 0 Å². The molecular weight excluding hydrogens is 210 g/mol. The number of nitrogens with one attached hydrogen (secondary N) is 1. The van der Waals surface area contributed by atoms with Crippen LogP contribution in [0.15, 0.2) is 24.4 Å². The topological polar surface area (TPSA) is 31.9 Å². The Kier molecular flexibility index (Phi) is 3.67. The molecule has 17 heavy (non-hydrogen) atoms. The van der Waals surface area contributed by atoms with E-state index in [2.05, 4.69) is 54.1 Å². The lowest BCUT2D eigenvalue weighted by Crippen LogP contribution is -2.28. The normalized spacial score (nSPS) is 11.3. The minimum Gasteiger partial charge on any atom is -0.371 e.